The van der Waals surface area contributed by atoms with Crippen LogP contribution in [-0.2, 0) is 13.0 Å². The summed E-state index contributed by atoms with van der Waals surface area (Å²) >= 11 is 0. The van der Waals surface area contributed by atoms with Gasteiger partial charge in [-0.3, -0.25) is 4.99 Å². The minimum atomic E-state index is 0. The average Bonchev–Trinajstić information content (AvgIpc) is 3.02. The number of benzene rings is 1. The number of nitrogens with one attached hydrogen (secondary N) is 1. The maximum absolute atomic E-state index is 5.34. The highest BCUT2D eigenvalue weighted by molar-refractivity contribution is 14.0. The predicted molar refractivity (Wildman–Crippen MR) is 106 cm³/mol. The van der Waals surface area contributed by atoms with Crippen molar-refractivity contribution in [2.24, 2.45) is 4.99 Å². The molecule has 2 rings (SSSR count). The standard InChI is InChI=1S/C18H25N3O.HI/c1-4-19-18(20-12-11-17-6-5-13-22-17)21(3)14-16-9-7-15(2)8-10-16;/h5-10,13H,4,11-12,14H2,1-3H3,(H,19,20);1H. The van der Waals surface area contributed by atoms with Crippen LogP contribution in [0.1, 0.15) is 23.8 Å². The number of nitrogens with zero attached hydrogens (tertiary/aromatic N) is 2. The number of hydrogen-bond donors (Lipinski definition) is 1. The van der Waals surface area contributed by atoms with Crippen LogP contribution < -0.4 is 5.32 Å². The third-order valence-electron chi connectivity index (χ3n) is 3.44. The largest absolute Gasteiger partial charge is 0.469 e. The highest BCUT2D eigenvalue weighted by Crippen LogP contribution is 2.06. The molecule has 0 atom stereocenters. The number of furan rings is 1. The lowest BCUT2D eigenvalue weighted by Crippen LogP contribution is -2.38. The summed E-state index contributed by atoms with van der Waals surface area (Å²) in [4.78, 5) is 6.82. The van der Waals surface area contributed by atoms with Gasteiger partial charge in [0.15, 0.2) is 5.96 Å². The van der Waals surface area contributed by atoms with Crippen molar-refractivity contribution < 1.29 is 4.42 Å². The summed E-state index contributed by atoms with van der Waals surface area (Å²) in [6, 6.07) is 12.5. The fraction of sp³-hybridized carbons (Fsp3) is 0.389. The lowest BCUT2D eigenvalue weighted by molar-refractivity contribution is 0.474. The monoisotopic (exact) mass is 427 g/mol. The molecule has 0 spiro atoms. The first-order valence-corrected chi connectivity index (χ1v) is 7.76. The molecule has 1 N–H and O–H groups in total. The summed E-state index contributed by atoms with van der Waals surface area (Å²) in [5.74, 6) is 1.90. The molecule has 0 amide bonds. The van der Waals surface area contributed by atoms with E-state index < -0.39 is 0 Å². The third-order valence-corrected chi connectivity index (χ3v) is 3.44. The molecule has 0 bridgehead atoms. The van der Waals surface area contributed by atoms with Crippen molar-refractivity contribution >= 4 is 29.9 Å². The Kier molecular flexibility index (Phi) is 8.76. The molecule has 0 saturated carbocycles. The van der Waals surface area contributed by atoms with Crippen molar-refractivity contribution in [3.8, 4) is 0 Å². The van der Waals surface area contributed by atoms with Gasteiger partial charge in [-0.15, -0.1) is 24.0 Å². The predicted octanol–water partition coefficient (Wildman–Crippen LogP) is 3.85. The van der Waals surface area contributed by atoms with Crippen LogP contribution in [0.25, 0.3) is 0 Å². The number of rotatable bonds is 6. The Morgan fingerprint density at radius 3 is 2.57 bits per heavy atom. The van der Waals surface area contributed by atoms with Gasteiger partial charge in [-0.1, -0.05) is 29.8 Å². The molecule has 0 aliphatic heterocycles. The van der Waals surface area contributed by atoms with Gasteiger partial charge in [0.1, 0.15) is 5.76 Å². The number of halogens is 1. The first-order valence-electron chi connectivity index (χ1n) is 7.76. The molecular formula is C18H26IN3O. The van der Waals surface area contributed by atoms with Crippen LogP contribution in [0.5, 0.6) is 0 Å². The highest BCUT2D eigenvalue weighted by atomic mass is 127. The second kappa shape index (κ2) is 10.3. The molecular weight excluding hydrogens is 401 g/mol. The van der Waals surface area contributed by atoms with E-state index in [2.05, 4.69) is 60.4 Å². The molecule has 126 valence electrons. The normalized spacial score (nSPS) is 11.0. The van der Waals surface area contributed by atoms with Crippen molar-refractivity contribution in [3.63, 3.8) is 0 Å². The molecule has 23 heavy (non-hydrogen) atoms. The third kappa shape index (κ3) is 6.64. The van der Waals surface area contributed by atoms with Gasteiger partial charge in [-0.05, 0) is 31.5 Å². The Bertz CT molecular complexity index is 579. The van der Waals surface area contributed by atoms with E-state index in [0.717, 1.165) is 31.2 Å². The second-order valence-corrected chi connectivity index (χ2v) is 5.41. The van der Waals surface area contributed by atoms with Gasteiger partial charge < -0.3 is 14.6 Å². The van der Waals surface area contributed by atoms with Crippen LogP contribution in [0.15, 0.2) is 52.1 Å². The summed E-state index contributed by atoms with van der Waals surface area (Å²) in [6.07, 6.45) is 2.52. The van der Waals surface area contributed by atoms with E-state index in [9.17, 15) is 0 Å². The Morgan fingerprint density at radius 2 is 1.96 bits per heavy atom. The van der Waals surface area contributed by atoms with Crippen LogP contribution in [-0.4, -0.2) is 31.0 Å². The summed E-state index contributed by atoms with van der Waals surface area (Å²) in [5, 5.41) is 3.34. The van der Waals surface area contributed by atoms with Gasteiger partial charge in [-0.2, -0.15) is 0 Å². The van der Waals surface area contributed by atoms with E-state index >= 15 is 0 Å². The second-order valence-electron chi connectivity index (χ2n) is 5.41. The Hall–Kier alpha value is -1.50. The van der Waals surface area contributed by atoms with Gasteiger partial charge in [0.25, 0.3) is 0 Å². The summed E-state index contributed by atoms with van der Waals surface area (Å²) < 4.78 is 5.34. The lowest BCUT2D eigenvalue weighted by atomic mass is 10.1. The minimum absolute atomic E-state index is 0. The van der Waals surface area contributed by atoms with Gasteiger partial charge in [0.2, 0.25) is 0 Å². The molecule has 1 aromatic heterocycles. The number of guanidine groups is 1. The van der Waals surface area contributed by atoms with Crippen molar-refractivity contribution in [3.05, 3.63) is 59.5 Å². The lowest BCUT2D eigenvalue weighted by Gasteiger charge is -2.22. The van der Waals surface area contributed by atoms with E-state index in [1.165, 1.54) is 11.1 Å². The summed E-state index contributed by atoms with van der Waals surface area (Å²) in [6.45, 7) is 6.61. The van der Waals surface area contributed by atoms with E-state index in [-0.39, 0.29) is 24.0 Å². The number of aliphatic imine (C=N–C) groups is 1. The Labute approximate surface area is 156 Å². The van der Waals surface area contributed by atoms with E-state index in [1.54, 1.807) is 6.26 Å². The highest BCUT2D eigenvalue weighted by Gasteiger charge is 2.06. The maximum atomic E-state index is 5.34. The minimum Gasteiger partial charge on any atom is -0.469 e. The van der Waals surface area contributed by atoms with Crippen LogP contribution in [0.4, 0.5) is 0 Å². The Balaban J connectivity index is 0.00000264. The van der Waals surface area contributed by atoms with Gasteiger partial charge in [0.05, 0.1) is 6.26 Å². The van der Waals surface area contributed by atoms with Crippen LogP contribution in [0.3, 0.4) is 0 Å². The summed E-state index contributed by atoms with van der Waals surface area (Å²) in [7, 11) is 2.06. The van der Waals surface area contributed by atoms with Crippen molar-refractivity contribution in [2.45, 2.75) is 26.8 Å². The summed E-state index contributed by atoms with van der Waals surface area (Å²) in [5.41, 5.74) is 2.56. The first kappa shape index (κ1) is 19.5. The first-order chi connectivity index (χ1) is 10.7. The quantitative estimate of drug-likeness (QED) is 0.433. The molecule has 0 aliphatic carbocycles. The molecule has 0 saturated heterocycles. The molecule has 0 unspecified atom stereocenters. The van der Waals surface area contributed by atoms with Gasteiger partial charge in [0, 0.05) is 33.1 Å². The van der Waals surface area contributed by atoms with Gasteiger partial charge in [-0.25, -0.2) is 0 Å². The van der Waals surface area contributed by atoms with Crippen molar-refractivity contribution in [1.82, 2.24) is 10.2 Å². The smallest absolute Gasteiger partial charge is 0.193 e. The fourth-order valence-electron chi connectivity index (χ4n) is 2.24. The zero-order chi connectivity index (χ0) is 15.8. The maximum Gasteiger partial charge on any atom is 0.193 e. The van der Waals surface area contributed by atoms with Crippen LogP contribution >= 0.6 is 24.0 Å². The number of hydrogen-bond acceptors (Lipinski definition) is 2. The van der Waals surface area contributed by atoms with E-state index in [0.29, 0.717) is 6.54 Å². The van der Waals surface area contributed by atoms with Crippen LogP contribution in [0, 0.1) is 6.92 Å². The zero-order valence-corrected chi connectivity index (χ0v) is 16.4. The Morgan fingerprint density at radius 1 is 1.22 bits per heavy atom. The SMILES string of the molecule is CCNC(=NCCc1ccco1)N(C)Cc1ccc(C)cc1.I. The molecule has 0 aliphatic rings. The molecule has 1 aromatic carbocycles. The molecule has 0 radical (unpaired) electrons. The fourth-order valence-corrected chi connectivity index (χ4v) is 2.24. The van der Waals surface area contributed by atoms with E-state index in [4.69, 9.17) is 4.42 Å². The molecule has 2 aromatic rings. The zero-order valence-electron chi connectivity index (χ0n) is 14.1. The topological polar surface area (TPSA) is 40.8 Å². The van der Waals surface area contributed by atoms with E-state index in [1.807, 2.05) is 12.1 Å². The number of aryl methyl sites for hydroxylation is 1. The van der Waals surface area contributed by atoms with Crippen molar-refractivity contribution in [2.75, 3.05) is 20.1 Å². The molecule has 5 heteroatoms. The van der Waals surface area contributed by atoms with Gasteiger partial charge >= 0.3 is 0 Å². The molecule has 4 nitrogen and oxygen atoms in total. The average molecular weight is 427 g/mol. The molecule has 0 fully saturated rings. The van der Waals surface area contributed by atoms with Crippen LogP contribution in [0.2, 0.25) is 0 Å². The van der Waals surface area contributed by atoms with Crippen molar-refractivity contribution in [1.29, 1.82) is 0 Å². The molecule has 1 heterocycles.